The van der Waals surface area contributed by atoms with Crippen LogP contribution >= 0.6 is 0 Å². The van der Waals surface area contributed by atoms with Gasteiger partial charge in [0.1, 0.15) is 5.78 Å². The second kappa shape index (κ2) is 4.37. The number of carbonyl (C=O) groups is 1. The molecule has 0 bridgehead atoms. The van der Waals surface area contributed by atoms with Crippen LogP contribution in [0.3, 0.4) is 0 Å². The van der Waals surface area contributed by atoms with E-state index in [9.17, 15) is 13.6 Å². The van der Waals surface area contributed by atoms with Crippen molar-refractivity contribution in [1.82, 2.24) is 0 Å². The summed E-state index contributed by atoms with van der Waals surface area (Å²) in [5.41, 5.74) is 0. The minimum atomic E-state index is -2.52. The molecule has 1 rings (SSSR count). The first-order valence-electron chi connectivity index (χ1n) is 5.38. The lowest BCUT2D eigenvalue weighted by atomic mass is 9.80. The molecule has 1 nitrogen and oxygen atoms in total. The van der Waals surface area contributed by atoms with Crippen LogP contribution in [0.4, 0.5) is 8.78 Å². The summed E-state index contributed by atoms with van der Waals surface area (Å²) >= 11 is 0. The maximum Gasteiger partial charge on any atom is 0.248 e. The zero-order valence-corrected chi connectivity index (χ0v) is 8.85. The standard InChI is InChI=1S/C11H18F2O/c1-3-8(2)10(14)9-4-6-11(12,13)7-5-9/h8-9H,3-7H2,1-2H3. The van der Waals surface area contributed by atoms with E-state index in [1.165, 1.54) is 0 Å². The van der Waals surface area contributed by atoms with E-state index in [0.29, 0.717) is 12.8 Å². The molecule has 1 atom stereocenters. The first kappa shape index (κ1) is 11.6. The van der Waals surface area contributed by atoms with Crippen molar-refractivity contribution in [2.45, 2.75) is 51.9 Å². The number of carbonyl (C=O) groups excluding carboxylic acids is 1. The molecule has 82 valence electrons. The van der Waals surface area contributed by atoms with Crippen LogP contribution in [-0.2, 0) is 4.79 Å². The molecule has 0 radical (unpaired) electrons. The normalized spacial score (nSPS) is 24.6. The molecule has 1 fully saturated rings. The first-order valence-corrected chi connectivity index (χ1v) is 5.38. The largest absolute Gasteiger partial charge is 0.299 e. The van der Waals surface area contributed by atoms with Crippen molar-refractivity contribution in [1.29, 1.82) is 0 Å². The Morgan fingerprint density at radius 3 is 2.36 bits per heavy atom. The molecule has 0 saturated heterocycles. The summed E-state index contributed by atoms with van der Waals surface area (Å²) in [4.78, 5) is 11.7. The van der Waals surface area contributed by atoms with Crippen molar-refractivity contribution in [3.05, 3.63) is 0 Å². The highest BCUT2D eigenvalue weighted by molar-refractivity contribution is 5.83. The number of Topliss-reactive ketones (excluding diaryl/α,β-unsaturated/α-hetero) is 1. The van der Waals surface area contributed by atoms with Gasteiger partial charge in [-0.05, 0) is 19.3 Å². The lowest BCUT2D eigenvalue weighted by molar-refractivity contribution is -0.130. The van der Waals surface area contributed by atoms with E-state index in [0.717, 1.165) is 6.42 Å². The molecule has 1 saturated carbocycles. The molecule has 1 unspecified atom stereocenters. The third-order valence-corrected chi connectivity index (χ3v) is 3.22. The number of alkyl halides is 2. The van der Waals surface area contributed by atoms with Gasteiger partial charge in [-0.1, -0.05) is 13.8 Å². The molecule has 0 aromatic rings. The van der Waals surface area contributed by atoms with Crippen LogP contribution in [0.1, 0.15) is 46.0 Å². The highest BCUT2D eigenvalue weighted by Gasteiger charge is 2.37. The molecule has 14 heavy (non-hydrogen) atoms. The summed E-state index contributed by atoms with van der Waals surface area (Å²) in [7, 11) is 0. The first-order chi connectivity index (χ1) is 6.46. The Hall–Kier alpha value is -0.470. The zero-order chi connectivity index (χ0) is 10.8. The third kappa shape index (κ3) is 2.76. The van der Waals surface area contributed by atoms with Gasteiger partial charge in [0.2, 0.25) is 5.92 Å². The molecular formula is C11H18F2O. The highest BCUT2D eigenvalue weighted by Crippen LogP contribution is 2.37. The average molecular weight is 204 g/mol. The average Bonchev–Trinajstić information content (AvgIpc) is 2.15. The molecule has 0 aromatic carbocycles. The zero-order valence-electron chi connectivity index (χ0n) is 8.85. The molecule has 0 amide bonds. The van der Waals surface area contributed by atoms with Crippen LogP contribution in [0.15, 0.2) is 0 Å². The van der Waals surface area contributed by atoms with E-state index in [-0.39, 0.29) is 30.5 Å². The molecule has 1 aliphatic carbocycles. The van der Waals surface area contributed by atoms with E-state index in [1.807, 2.05) is 13.8 Å². The van der Waals surface area contributed by atoms with Crippen molar-refractivity contribution in [3.63, 3.8) is 0 Å². The van der Waals surface area contributed by atoms with Gasteiger partial charge in [0.25, 0.3) is 0 Å². The molecule has 0 N–H and O–H groups in total. The summed E-state index contributed by atoms with van der Waals surface area (Å²) in [5.74, 6) is -2.41. The van der Waals surface area contributed by atoms with Gasteiger partial charge in [0.15, 0.2) is 0 Å². The summed E-state index contributed by atoms with van der Waals surface area (Å²) < 4.78 is 25.6. The van der Waals surface area contributed by atoms with Crippen LogP contribution < -0.4 is 0 Å². The minimum absolute atomic E-state index is 0.0340. The Labute approximate surface area is 83.9 Å². The number of rotatable bonds is 3. The van der Waals surface area contributed by atoms with Gasteiger partial charge in [0, 0.05) is 24.7 Å². The second-order valence-electron chi connectivity index (χ2n) is 4.34. The lowest BCUT2D eigenvalue weighted by Crippen LogP contribution is -2.31. The van der Waals surface area contributed by atoms with Crippen molar-refractivity contribution >= 4 is 5.78 Å². The Morgan fingerprint density at radius 2 is 1.93 bits per heavy atom. The number of halogens is 2. The summed E-state index contributed by atoms with van der Waals surface area (Å²) in [6.07, 6.45) is 1.33. The van der Waals surface area contributed by atoms with E-state index in [4.69, 9.17) is 0 Å². The molecule has 3 heteroatoms. The number of hydrogen-bond acceptors (Lipinski definition) is 1. The molecule has 0 aliphatic heterocycles. The molecule has 0 aromatic heterocycles. The van der Waals surface area contributed by atoms with Crippen molar-refractivity contribution in [2.75, 3.05) is 0 Å². The highest BCUT2D eigenvalue weighted by atomic mass is 19.3. The van der Waals surface area contributed by atoms with Crippen LogP contribution in [0.25, 0.3) is 0 Å². The van der Waals surface area contributed by atoms with Gasteiger partial charge in [-0.3, -0.25) is 4.79 Å². The van der Waals surface area contributed by atoms with Gasteiger partial charge < -0.3 is 0 Å². The third-order valence-electron chi connectivity index (χ3n) is 3.22. The number of hydrogen-bond donors (Lipinski definition) is 0. The lowest BCUT2D eigenvalue weighted by Gasteiger charge is -2.28. The van der Waals surface area contributed by atoms with Gasteiger partial charge in [0.05, 0.1) is 0 Å². The fourth-order valence-electron chi connectivity index (χ4n) is 1.93. The smallest absolute Gasteiger partial charge is 0.248 e. The predicted octanol–water partition coefficient (Wildman–Crippen LogP) is 3.43. The fraction of sp³-hybridized carbons (Fsp3) is 0.909. The maximum absolute atomic E-state index is 12.8. The van der Waals surface area contributed by atoms with Crippen LogP contribution in [0, 0.1) is 11.8 Å². The van der Waals surface area contributed by atoms with E-state index >= 15 is 0 Å². The van der Waals surface area contributed by atoms with Crippen molar-refractivity contribution < 1.29 is 13.6 Å². The monoisotopic (exact) mass is 204 g/mol. The van der Waals surface area contributed by atoms with E-state index in [2.05, 4.69) is 0 Å². The van der Waals surface area contributed by atoms with Gasteiger partial charge in [-0.15, -0.1) is 0 Å². The molecule has 0 spiro atoms. The SMILES string of the molecule is CCC(C)C(=O)C1CCC(F)(F)CC1. The van der Waals surface area contributed by atoms with Crippen LogP contribution in [-0.4, -0.2) is 11.7 Å². The van der Waals surface area contributed by atoms with Crippen molar-refractivity contribution in [2.24, 2.45) is 11.8 Å². The Morgan fingerprint density at radius 1 is 1.43 bits per heavy atom. The Balaban J connectivity index is 2.46. The van der Waals surface area contributed by atoms with Crippen LogP contribution in [0.5, 0.6) is 0 Å². The van der Waals surface area contributed by atoms with Crippen molar-refractivity contribution in [3.8, 4) is 0 Å². The second-order valence-corrected chi connectivity index (χ2v) is 4.34. The minimum Gasteiger partial charge on any atom is -0.299 e. The van der Waals surface area contributed by atoms with Gasteiger partial charge in [-0.25, -0.2) is 8.78 Å². The quantitative estimate of drug-likeness (QED) is 0.688. The van der Waals surface area contributed by atoms with Gasteiger partial charge >= 0.3 is 0 Å². The van der Waals surface area contributed by atoms with Crippen LogP contribution in [0.2, 0.25) is 0 Å². The Kier molecular flexibility index (Phi) is 3.62. The summed E-state index contributed by atoms with van der Waals surface area (Å²) in [6, 6.07) is 0. The fourth-order valence-corrected chi connectivity index (χ4v) is 1.93. The number of ketones is 1. The molecule has 1 aliphatic rings. The van der Waals surface area contributed by atoms with E-state index in [1.54, 1.807) is 0 Å². The summed E-state index contributed by atoms with van der Waals surface area (Å²) in [6.45, 7) is 3.84. The predicted molar refractivity (Wildman–Crippen MR) is 51.4 cm³/mol. The molecule has 0 heterocycles. The Bertz CT molecular complexity index is 203. The van der Waals surface area contributed by atoms with Gasteiger partial charge in [-0.2, -0.15) is 0 Å². The molecular weight excluding hydrogens is 186 g/mol. The van der Waals surface area contributed by atoms with E-state index < -0.39 is 5.92 Å². The maximum atomic E-state index is 12.8. The topological polar surface area (TPSA) is 17.1 Å². The summed E-state index contributed by atoms with van der Waals surface area (Å²) in [5, 5.41) is 0.